The van der Waals surface area contributed by atoms with Crippen molar-refractivity contribution in [2.24, 2.45) is 0 Å². The van der Waals surface area contributed by atoms with Crippen molar-refractivity contribution < 1.29 is 48.7 Å². The zero-order chi connectivity index (χ0) is 25.6. The van der Waals surface area contributed by atoms with Crippen molar-refractivity contribution in [1.29, 1.82) is 0 Å². The average Bonchev–Trinajstić information content (AvgIpc) is 3.49. The van der Waals surface area contributed by atoms with Gasteiger partial charge in [-0.15, -0.1) is 11.1 Å². The Morgan fingerprint density at radius 3 is 1.81 bits per heavy atom. The van der Waals surface area contributed by atoms with Gasteiger partial charge in [-0.3, -0.25) is 0 Å². The zero-order valence-electron chi connectivity index (χ0n) is 23.1. The smallest absolute Gasteiger partial charge is 0.172 e. The van der Waals surface area contributed by atoms with E-state index in [2.05, 4.69) is 109 Å². The first kappa shape index (κ1) is 33.4. The van der Waals surface area contributed by atoms with Crippen LogP contribution in [0.5, 0.6) is 0 Å². The van der Waals surface area contributed by atoms with Crippen LogP contribution >= 0.6 is 0 Å². The minimum Gasteiger partial charge on any atom is -1.00 e. The average molecular weight is 696 g/mol. The molecule has 0 aromatic heterocycles. The molecule has 0 bridgehead atoms. The maximum absolute atomic E-state index is 3.67. The molecule has 1 aliphatic carbocycles. The van der Waals surface area contributed by atoms with Gasteiger partial charge in [-0.05, 0) is 28.4 Å². The molecule has 4 aromatic carbocycles. The molecule has 0 saturated heterocycles. The van der Waals surface area contributed by atoms with Crippen molar-refractivity contribution in [2.45, 2.75) is 65.7 Å². The predicted octanol–water partition coefficient (Wildman–Crippen LogP) is 2.84. The second-order valence-electron chi connectivity index (χ2n) is 11.3. The van der Waals surface area contributed by atoms with Crippen molar-refractivity contribution in [2.75, 3.05) is 0 Å². The molecule has 0 fully saturated rings. The molecule has 0 heterocycles. The van der Waals surface area contributed by atoms with Gasteiger partial charge in [0.2, 0.25) is 0 Å². The SMILES string of the molecule is CC(C)(C)c1[c-]c2c(cc1)-c1ccc(C(C)(C)C)cc1C2.C[C](=[Hf+2])c1ccccc1.[Cl-].[Cl-].c1cc[cH-]c1. The Labute approximate surface area is 252 Å². The third-order valence-electron chi connectivity index (χ3n) is 6.23. The third kappa shape index (κ3) is 9.54. The van der Waals surface area contributed by atoms with Crippen molar-refractivity contribution in [3.8, 4) is 11.1 Å². The Hall–Kier alpha value is -1.67. The van der Waals surface area contributed by atoms with Gasteiger partial charge in [0.25, 0.3) is 0 Å². The number of hydrogen-bond acceptors (Lipinski definition) is 0. The zero-order valence-corrected chi connectivity index (χ0v) is 28.2. The first-order chi connectivity index (χ1) is 16.5. The third-order valence-corrected chi connectivity index (χ3v) is 7.26. The topological polar surface area (TPSA) is 0 Å². The fraction of sp³-hybridized carbons (Fsp3) is 0.294. The molecular formula is C34H38Cl2Hf-2. The summed E-state index contributed by atoms with van der Waals surface area (Å²) in [5.41, 5.74) is 10.1. The van der Waals surface area contributed by atoms with E-state index in [1.807, 2.05) is 36.4 Å². The van der Waals surface area contributed by atoms with E-state index in [-0.39, 0.29) is 35.6 Å². The molecule has 194 valence electrons. The Morgan fingerprint density at radius 1 is 0.757 bits per heavy atom. The molecule has 0 unspecified atom stereocenters. The number of halogens is 2. The molecule has 0 N–H and O–H groups in total. The van der Waals surface area contributed by atoms with Gasteiger partial charge in [0.15, 0.2) is 0 Å². The molecule has 0 nitrogen and oxygen atoms in total. The van der Waals surface area contributed by atoms with Crippen molar-refractivity contribution in [1.82, 2.24) is 0 Å². The van der Waals surface area contributed by atoms with Gasteiger partial charge >= 0.3 is 70.0 Å². The van der Waals surface area contributed by atoms with Gasteiger partial charge in [0.05, 0.1) is 0 Å². The van der Waals surface area contributed by atoms with Crippen LogP contribution < -0.4 is 24.8 Å². The summed E-state index contributed by atoms with van der Waals surface area (Å²) in [6.45, 7) is 15.8. The minimum atomic E-state index is 0. The van der Waals surface area contributed by atoms with Crippen LogP contribution in [0, 0.1) is 6.07 Å². The van der Waals surface area contributed by atoms with E-state index in [0.717, 1.165) is 6.42 Å². The van der Waals surface area contributed by atoms with E-state index in [4.69, 9.17) is 0 Å². The first-order valence-corrected chi connectivity index (χ1v) is 14.2. The Bertz CT molecular complexity index is 1160. The molecule has 3 heteroatoms. The van der Waals surface area contributed by atoms with Crippen LogP contribution in [0.4, 0.5) is 0 Å². The normalized spacial score (nSPS) is 11.3. The number of hydrogen-bond donors (Lipinski definition) is 0. The summed E-state index contributed by atoms with van der Waals surface area (Å²) in [7, 11) is 0. The van der Waals surface area contributed by atoms with E-state index in [0.29, 0.717) is 0 Å². The van der Waals surface area contributed by atoms with E-state index in [9.17, 15) is 0 Å². The van der Waals surface area contributed by atoms with Crippen LogP contribution in [0.25, 0.3) is 11.1 Å². The molecule has 0 radical (unpaired) electrons. The minimum absolute atomic E-state index is 0. The van der Waals surface area contributed by atoms with E-state index in [1.165, 1.54) is 66.1 Å². The fourth-order valence-corrected chi connectivity index (χ4v) is 4.64. The van der Waals surface area contributed by atoms with Crippen LogP contribution in [0.3, 0.4) is 0 Å². The van der Waals surface area contributed by atoms with Crippen LogP contribution in [-0.4, -0.2) is 3.26 Å². The summed E-state index contributed by atoms with van der Waals surface area (Å²) >= 11 is 1.17. The summed E-state index contributed by atoms with van der Waals surface area (Å²) in [6.07, 6.45) is 1.03. The second-order valence-corrected chi connectivity index (χ2v) is 14.0. The van der Waals surface area contributed by atoms with Gasteiger partial charge in [-0.25, -0.2) is 12.1 Å². The van der Waals surface area contributed by atoms with Gasteiger partial charge in [0, 0.05) is 0 Å². The van der Waals surface area contributed by atoms with E-state index >= 15 is 0 Å². The predicted molar refractivity (Wildman–Crippen MR) is 149 cm³/mol. The molecule has 1 aliphatic rings. The molecule has 0 amide bonds. The fourth-order valence-electron chi connectivity index (χ4n) is 4.04. The van der Waals surface area contributed by atoms with Crippen LogP contribution in [0.2, 0.25) is 0 Å². The number of rotatable bonds is 1. The molecule has 0 saturated carbocycles. The summed E-state index contributed by atoms with van der Waals surface area (Å²) in [4.78, 5) is 0. The Morgan fingerprint density at radius 2 is 1.35 bits per heavy atom. The Kier molecular flexibility index (Phi) is 13.0. The monoisotopic (exact) mass is 696 g/mol. The molecular weight excluding hydrogens is 658 g/mol. The molecule has 0 atom stereocenters. The van der Waals surface area contributed by atoms with Gasteiger partial charge in [0.1, 0.15) is 0 Å². The van der Waals surface area contributed by atoms with Crippen LogP contribution in [0.15, 0.2) is 91.0 Å². The van der Waals surface area contributed by atoms with E-state index < -0.39 is 0 Å². The van der Waals surface area contributed by atoms with Gasteiger partial charge < -0.3 is 24.8 Å². The summed E-state index contributed by atoms with van der Waals surface area (Å²) in [5.74, 6) is 0. The molecule has 37 heavy (non-hydrogen) atoms. The summed E-state index contributed by atoms with van der Waals surface area (Å²) in [5, 5.41) is 0. The molecule has 4 aromatic rings. The maximum Gasteiger partial charge on any atom is -0.172 e. The summed E-state index contributed by atoms with van der Waals surface area (Å²) < 4.78 is 1.51. The van der Waals surface area contributed by atoms with Crippen LogP contribution in [-0.2, 0) is 41.1 Å². The van der Waals surface area contributed by atoms with Crippen molar-refractivity contribution >= 4 is 3.26 Å². The maximum atomic E-state index is 3.67. The first-order valence-electron chi connectivity index (χ1n) is 12.4. The summed E-state index contributed by atoms with van der Waals surface area (Å²) in [6, 6.07) is 35.7. The van der Waals surface area contributed by atoms with Gasteiger partial charge in [-0.1, -0.05) is 65.3 Å². The van der Waals surface area contributed by atoms with Crippen LogP contribution in [0.1, 0.15) is 76.3 Å². The van der Waals surface area contributed by atoms with E-state index in [1.54, 1.807) is 0 Å². The quantitative estimate of drug-likeness (QED) is 0.187. The molecule has 0 spiro atoms. The standard InChI is InChI=1S/C21H25.C8H8.C5H5.2ClH.Hf/c1-20(2,3)16-7-9-18-14(12-16)11-15-13-17(21(4,5)6)8-10-19(15)18;1-2-8-6-4-3-5-7-8;1-2-4-5-3-1;;;/h7-10,12H,11H2,1-6H3;3-7H,1H3;1-5H;2*1H;/q-1;;-1;;;+2/p-2. The molecule has 5 rings (SSSR count). The largest absolute Gasteiger partial charge is 1.00 e. The second kappa shape index (κ2) is 14.5. The number of benzene rings is 3. The van der Waals surface area contributed by atoms with Crippen molar-refractivity contribution in [3.63, 3.8) is 0 Å². The van der Waals surface area contributed by atoms with Crippen molar-refractivity contribution in [3.05, 3.63) is 125 Å². The van der Waals surface area contributed by atoms with Gasteiger partial charge in [-0.2, -0.15) is 42.0 Å². The molecule has 0 aliphatic heterocycles. The Balaban J connectivity index is 0.000000354. The number of fused-ring (bicyclic) bond motifs is 3.